The first-order chi connectivity index (χ1) is 17.4. The normalized spacial score (nSPS) is 14.4. The lowest BCUT2D eigenvalue weighted by Gasteiger charge is -2.36. The topological polar surface area (TPSA) is 78.0 Å². The molecule has 0 atom stereocenters. The number of hydrogen-bond acceptors (Lipinski definition) is 8. The number of esters is 2. The monoisotopic (exact) mass is 506 g/mol. The largest absolute Gasteiger partial charge is 0.494 e. The van der Waals surface area contributed by atoms with Gasteiger partial charge in [-0.3, -0.25) is 4.90 Å². The molecular formula is C28H30N2O5S. The lowest BCUT2D eigenvalue weighted by atomic mass is 9.80. The third kappa shape index (κ3) is 4.73. The molecular weight excluding hydrogens is 476 g/mol. The maximum absolute atomic E-state index is 13.4. The number of ether oxygens (including phenoxy) is 3. The Morgan fingerprint density at radius 2 is 1.50 bits per heavy atom. The maximum Gasteiger partial charge on any atom is 0.336 e. The van der Waals surface area contributed by atoms with Gasteiger partial charge in [-0.05, 0) is 52.3 Å². The predicted molar refractivity (Wildman–Crippen MR) is 141 cm³/mol. The van der Waals surface area contributed by atoms with Crippen LogP contribution in [0.2, 0.25) is 0 Å². The van der Waals surface area contributed by atoms with E-state index in [1.54, 1.807) is 13.8 Å². The van der Waals surface area contributed by atoms with E-state index in [0.29, 0.717) is 34.3 Å². The molecule has 8 heteroatoms. The first kappa shape index (κ1) is 25.4. The third-order valence-corrected chi connectivity index (χ3v) is 7.02. The van der Waals surface area contributed by atoms with E-state index in [0.717, 1.165) is 21.5 Å². The highest BCUT2D eigenvalue weighted by Crippen LogP contribution is 2.46. The van der Waals surface area contributed by atoms with Gasteiger partial charge in [-0.1, -0.05) is 41.7 Å². The number of carbonyl (C=O) groups is 2. The summed E-state index contributed by atoms with van der Waals surface area (Å²) in [6.07, 6.45) is 0. The van der Waals surface area contributed by atoms with E-state index >= 15 is 0 Å². The van der Waals surface area contributed by atoms with Crippen molar-refractivity contribution in [2.75, 3.05) is 24.7 Å². The molecule has 0 saturated heterocycles. The number of nitrogens with zero attached hydrogens (tertiary/aromatic N) is 2. The highest BCUT2D eigenvalue weighted by atomic mass is 32.1. The van der Waals surface area contributed by atoms with Crippen LogP contribution in [0.3, 0.4) is 0 Å². The van der Waals surface area contributed by atoms with Crippen LogP contribution in [0.25, 0.3) is 10.2 Å². The van der Waals surface area contributed by atoms with Crippen LogP contribution >= 0.6 is 11.3 Å². The van der Waals surface area contributed by atoms with Gasteiger partial charge in [-0.2, -0.15) is 0 Å². The summed E-state index contributed by atoms with van der Waals surface area (Å²) in [5, 5.41) is 0.642. The molecule has 36 heavy (non-hydrogen) atoms. The van der Waals surface area contributed by atoms with Gasteiger partial charge in [0.1, 0.15) is 5.75 Å². The number of fused-ring (bicyclic) bond motifs is 1. The van der Waals surface area contributed by atoms with Crippen LogP contribution in [0, 0.1) is 0 Å². The van der Waals surface area contributed by atoms with Crippen LogP contribution in [0.5, 0.6) is 5.75 Å². The van der Waals surface area contributed by atoms with Crippen LogP contribution in [0.15, 0.2) is 71.1 Å². The smallest absolute Gasteiger partial charge is 0.336 e. The zero-order valence-corrected chi connectivity index (χ0v) is 22.0. The first-order valence-corrected chi connectivity index (χ1v) is 12.9. The fourth-order valence-corrected chi connectivity index (χ4v) is 5.57. The Morgan fingerprint density at radius 1 is 0.889 bits per heavy atom. The van der Waals surface area contributed by atoms with E-state index in [2.05, 4.69) is 0 Å². The van der Waals surface area contributed by atoms with E-state index in [1.165, 1.54) is 11.3 Å². The number of carbonyl (C=O) groups excluding carboxylic acids is 2. The second kappa shape index (κ2) is 11.0. The van der Waals surface area contributed by atoms with Gasteiger partial charge in [-0.25, -0.2) is 14.6 Å². The average molecular weight is 507 g/mol. The molecule has 7 nitrogen and oxygen atoms in total. The summed E-state index contributed by atoms with van der Waals surface area (Å²) in [4.78, 5) is 33.5. The fourth-order valence-electron chi connectivity index (χ4n) is 4.52. The highest BCUT2D eigenvalue weighted by Gasteiger charge is 2.41. The number of anilines is 1. The lowest BCUT2D eigenvalue weighted by molar-refractivity contribution is -0.139. The van der Waals surface area contributed by atoms with Crippen molar-refractivity contribution < 1.29 is 23.8 Å². The molecule has 0 unspecified atom stereocenters. The molecule has 0 amide bonds. The van der Waals surface area contributed by atoms with Gasteiger partial charge in [0.25, 0.3) is 0 Å². The second-order valence-electron chi connectivity index (χ2n) is 8.18. The Balaban J connectivity index is 1.95. The van der Waals surface area contributed by atoms with E-state index in [1.807, 2.05) is 74.2 Å². The molecule has 2 heterocycles. The van der Waals surface area contributed by atoms with E-state index in [4.69, 9.17) is 19.2 Å². The average Bonchev–Trinajstić information content (AvgIpc) is 3.27. The predicted octanol–water partition coefficient (Wildman–Crippen LogP) is 5.97. The van der Waals surface area contributed by atoms with Crippen LogP contribution in [0.1, 0.15) is 46.1 Å². The Hall–Kier alpha value is -3.65. The molecule has 1 aromatic heterocycles. The van der Waals surface area contributed by atoms with Crippen molar-refractivity contribution in [3.8, 4) is 5.75 Å². The molecule has 0 aliphatic carbocycles. The number of rotatable bonds is 8. The summed E-state index contributed by atoms with van der Waals surface area (Å²) in [6, 6.07) is 15.3. The van der Waals surface area contributed by atoms with Gasteiger partial charge in [0.2, 0.25) is 0 Å². The standard InChI is InChI=1S/C28H30N2O5S/c1-6-33-20-14-15-22-21(16-20)29-28(36-22)30-17(4)23(26(31)34-7-2)25(19-12-10-9-11-13-19)24(18(30)5)27(32)35-8-3/h9-16,25H,6-8H2,1-5H3. The maximum atomic E-state index is 13.4. The summed E-state index contributed by atoms with van der Waals surface area (Å²) >= 11 is 1.48. The van der Waals surface area contributed by atoms with Crippen LogP contribution in [-0.2, 0) is 19.1 Å². The van der Waals surface area contributed by atoms with Gasteiger partial charge in [0.05, 0.1) is 47.1 Å². The minimum Gasteiger partial charge on any atom is -0.494 e. The van der Waals surface area contributed by atoms with Gasteiger partial charge in [0.15, 0.2) is 5.13 Å². The van der Waals surface area contributed by atoms with Crippen LogP contribution < -0.4 is 9.64 Å². The molecule has 1 aliphatic rings. The Labute approximate surface area is 215 Å². The van der Waals surface area contributed by atoms with E-state index in [-0.39, 0.29) is 13.2 Å². The van der Waals surface area contributed by atoms with Crippen LogP contribution in [0.4, 0.5) is 5.13 Å². The summed E-state index contributed by atoms with van der Waals surface area (Å²) < 4.78 is 17.6. The SMILES string of the molecule is CCOC(=O)C1=C(C)N(c2nc3cc(OCC)ccc3s2)C(C)=C(C(=O)OCC)C1c1ccccc1. The van der Waals surface area contributed by atoms with E-state index in [9.17, 15) is 9.59 Å². The molecule has 2 aromatic carbocycles. The molecule has 188 valence electrons. The summed E-state index contributed by atoms with van der Waals surface area (Å²) in [5.74, 6) is -0.825. The molecule has 0 bridgehead atoms. The Morgan fingerprint density at radius 3 is 2.06 bits per heavy atom. The Bertz CT molecular complexity index is 1300. The fraction of sp³-hybridized carbons (Fsp3) is 0.321. The second-order valence-corrected chi connectivity index (χ2v) is 9.19. The molecule has 0 radical (unpaired) electrons. The van der Waals surface area contributed by atoms with Crippen molar-refractivity contribution in [3.63, 3.8) is 0 Å². The summed E-state index contributed by atoms with van der Waals surface area (Å²) in [6.45, 7) is 10.2. The van der Waals surface area contributed by atoms with Crippen LogP contribution in [-0.4, -0.2) is 36.7 Å². The third-order valence-electron chi connectivity index (χ3n) is 6.00. The molecule has 0 saturated carbocycles. The van der Waals surface area contributed by atoms with Crippen molar-refractivity contribution in [3.05, 3.63) is 76.6 Å². The van der Waals surface area contributed by atoms with E-state index < -0.39 is 17.9 Å². The van der Waals surface area contributed by atoms with Crippen molar-refractivity contribution >= 4 is 38.6 Å². The number of benzene rings is 2. The minimum absolute atomic E-state index is 0.218. The van der Waals surface area contributed by atoms with Crippen molar-refractivity contribution in [1.29, 1.82) is 0 Å². The van der Waals surface area contributed by atoms with Crippen molar-refractivity contribution in [2.24, 2.45) is 0 Å². The number of hydrogen-bond donors (Lipinski definition) is 0. The number of allylic oxidation sites excluding steroid dienone is 2. The van der Waals surface area contributed by atoms with Gasteiger partial charge in [0, 0.05) is 17.5 Å². The first-order valence-electron chi connectivity index (χ1n) is 12.0. The van der Waals surface area contributed by atoms with Crippen molar-refractivity contribution in [2.45, 2.75) is 40.5 Å². The number of aromatic nitrogens is 1. The molecule has 1 aliphatic heterocycles. The lowest BCUT2D eigenvalue weighted by Crippen LogP contribution is -2.35. The summed E-state index contributed by atoms with van der Waals surface area (Å²) in [7, 11) is 0. The quantitative estimate of drug-likeness (QED) is 0.348. The molecule has 4 rings (SSSR count). The van der Waals surface area contributed by atoms with Gasteiger partial charge in [-0.15, -0.1) is 0 Å². The summed E-state index contributed by atoms with van der Waals surface area (Å²) in [5.41, 5.74) is 3.71. The zero-order chi connectivity index (χ0) is 25.8. The molecule has 0 fully saturated rings. The zero-order valence-electron chi connectivity index (χ0n) is 21.2. The molecule has 0 spiro atoms. The highest BCUT2D eigenvalue weighted by molar-refractivity contribution is 7.22. The Kier molecular flexibility index (Phi) is 7.74. The van der Waals surface area contributed by atoms with Crippen molar-refractivity contribution in [1.82, 2.24) is 4.98 Å². The number of thiazole rings is 1. The molecule has 0 N–H and O–H groups in total. The van der Waals surface area contributed by atoms with Gasteiger partial charge < -0.3 is 14.2 Å². The molecule has 3 aromatic rings. The van der Waals surface area contributed by atoms with Gasteiger partial charge >= 0.3 is 11.9 Å². The minimum atomic E-state index is -0.625.